The van der Waals surface area contributed by atoms with Crippen LogP contribution in [0.1, 0.15) is 80.1 Å². The molecule has 1 atom stereocenters. The molecule has 0 spiro atoms. The van der Waals surface area contributed by atoms with Crippen LogP contribution >= 0.6 is 0 Å². The highest BCUT2D eigenvalue weighted by Gasteiger charge is 2.17. The molecule has 0 saturated heterocycles. The Bertz CT molecular complexity index is 165. The summed E-state index contributed by atoms with van der Waals surface area (Å²) in [5, 5.41) is 3.74. The molecule has 0 aliphatic rings. The van der Waals surface area contributed by atoms with Gasteiger partial charge in [0.05, 0.1) is 0 Å². The molecule has 1 heteroatoms. The Morgan fingerprint density at radius 2 is 1.59 bits per heavy atom. The largest absolute Gasteiger partial charge is 0.314 e. The molecule has 0 rings (SSSR count). The third-order valence-electron chi connectivity index (χ3n) is 3.70. The summed E-state index contributed by atoms with van der Waals surface area (Å²) < 4.78 is 0. The Morgan fingerprint density at radius 1 is 1.00 bits per heavy atom. The van der Waals surface area contributed by atoms with Crippen molar-refractivity contribution in [1.29, 1.82) is 0 Å². The minimum atomic E-state index is 0.472. The van der Waals surface area contributed by atoms with Gasteiger partial charge in [0.2, 0.25) is 0 Å². The predicted molar refractivity (Wildman–Crippen MR) is 79.5 cm³/mol. The first-order chi connectivity index (χ1) is 7.92. The van der Waals surface area contributed by atoms with Crippen molar-refractivity contribution in [2.45, 2.75) is 86.1 Å². The van der Waals surface area contributed by atoms with Gasteiger partial charge in [-0.3, -0.25) is 0 Å². The van der Waals surface area contributed by atoms with E-state index in [-0.39, 0.29) is 0 Å². The summed E-state index contributed by atoms with van der Waals surface area (Å²) in [6.45, 7) is 15.1. The Kier molecular flexibility index (Phi) is 8.94. The first kappa shape index (κ1) is 17.0. The fourth-order valence-corrected chi connectivity index (χ4v) is 2.28. The molecule has 0 amide bonds. The van der Waals surface area contributed by atoms with Gasteiger partial charge in [0, 0.05) is 6.04 Å². The average molecular weight is 241 g/mol. The molecular weight excluding hydrogens is 206 g/mol. The molecule has 17 heavy (non-hydrogen) atoms. The van der Waals surface area contributed by atoms with Crippen LogP contribution in [0.5, 0.6) is 0 Å². The van der Waals surface area contributed by atoms with Crippen LogP contribution in [0.3, 0.4) is 0 Å². The number of hydrogen-bond acceptors (Lipinski definition) is 1. The van der Waals surface area contributed by atoms with Crippen LogP contribution in [-0.2, 0) is 0 Å². The van der Waals surface area contributed by atoms with Gasteiger partial charge >= 0.3 is 0 Å². The van der Waals surface area contributed by atoms with Crippen LogP contribution in [0.4, 0.5) is 0 Å². The standard InChI is InChI=1S/C16H35N/c1-7-12-17-15(10-11-16(4,5)6)13-14(8-2)9-3/h14-15,17H,7-13H2,1-6H3. The Labute approximate surface area is 110 Å². The highest BCUT2D eigenvalue weighted by Crippen LogP contribution is 2.24. The molecule has 0 saturated carbocycles. The fourth-order valence-electron chi connectivity index (χ4n) is 2.28. The lowest BCUT2D eigenvalue weighted by Gasteiger charge is -2.26. The maximum absolute atomic E-state index is 3.74. The molecule has 0 aromatic rings. The van der Waals surface area contributed by atoms with Crippen LogP contribution in [0.25, 0.3) is 0 Å². The monoisotopic (exact) mass is 241 g/mol. The molecule has 0 aliphatic heterocycles. The number of rotatable bonds is 9. The van der Waals surface area contributed by atoms with Gasteiger partial charge < -0.3 is 5.32 Å². The van der Waals surface area contributed by atoms with E-state index in [2.05, 4.69) is 46.9 Å². The second-order valence-corrected chi connectivity index (χ2v) is 6.67. The molecule has 0 fully saturated rings. The third kappa shape index (κ3) is 9.64. The fraction of sp³-hybridized carbons (Fsp3) is 1.00. The first-order valence-corrected chi connectivity index (χ1v) is 7.66. The van der Waals surface area contributed by atoms with E-state index in [1.165, 1.54) is 45.1 Å². The van der Waals surface area contributed by atoms with Gasteiger partial charge in [0.15, 0.2) is 0 Å². The van der Waals surface area contributed by atoms with Crippen LogP contribution in [-0.4, -0.2) is 12.6 Å². The molecule has 0 radical (unpaired) electrons. The van der Waals surface area contributed by atoms with Crippen molar-refractivity contribution < 1.29 is 0 Å². The Balaban J connectivity index is 4.12. The molecule has 1 N–H and O–H groups in total. The Hall–Kier alpha value is -0.0400. The lowest BCUT2D eigenvalue weighted by molar-refractivity contribution is 0.293. The van der Waals surface area contributed by atoms with E-state index >= 15 is 0 Å². The normalized spacial score (nSPS) is 14.3. The number of hydrogen-bond donors (Lipinski definition) is 1. The van der Waals surface area contributed by atoms with Gasteiger partial charge in [-0.1, -0.05) is 54.4 Å². The number of nitrogens with one attached hydrogen (secondary N) is 1. The summed E-state index contributed by atoms with van der Waals surface area (Å²) in [6, 6.07) is 0.735. The van der Waals surface area contributed by atoms with E-state index in [1.54, 1.807) is 0 Å². The van der Waals surface area contributed by atoms with E-state index in [0.717, 1.165) is 12.0 Å². The van der Waals surface area contributed by atoms with Crippen molar-refractivity contribution in [3.05, 3.63) is 0 Å². The molecule has 0 aromatic carbocycles. The predicted octanol–water partition coefficient (Wildman–Crippen LogP) is 5.01. The topological polar surface area (TPSA) is 12.0 Å². The van der Waals surface area contributed by atoms with Crippen LogP contribution < -0.4 is 5.32 Å². The van der Waals surface area contributed by atoms with E-state index in [0.29, 0.717) is 5.41 Å². The smallest absolute Gasteiger partial charge is 0.00698 e. The second-order valence-electron chi connectivity index (χ2n) is 6.67. The van der Waals surface area contributed by atoms with Gasteiger partial charge in [-0.05, 0) is 43.6 Å². The van der Waals surface area contributed by atoms with Gasteiger partial charge in [-0.2, -0.15) is 0 Å². The quantitative estimate of drug-likeness (QED) is 0.598. The third-order valence-corrected chi connectivity index (χ3v) is 3.70. The van der Waals surface area contributed by atoms with E-state index in [1.807, 2.05) is 0 Å². The highest BCUT2D eigenvalue weighted by atomic mass is 14.9. The summed E-state index contributed by atoms with van der Waals surface area (Å²) in [5.41, 5.74) is 0.472. The molecule has 0 aliphatic carbocycles. The molecular formula is C16H35N. The zero-order chi connectivity index (χ0) is 13.3. The maximum Gasteiger partial charge on any atom is 0.00698 e. The summed E-state index contributed by atoms with van der Waals surface area (Å²) in [4.78, 5) is 0. The van der Waals surface area contributed by atoms with Crippen LogP contribution in [0.2, 0.25) is 0 Å². The van der Waals surface area contributed by atoms with Crippen LogP contribution in [0.15, 0.2) is 0 Å². The summed E-state index contributed by atoms with van der Waals surface area (Å²) in [5.74, 6) is 0.907. The zero-order valence-electron chi connectivity index (χ0n) is 13.1. The SMILES string of the molecule is CCCNC(CCC(C)(C)C)CC(CC)CC. The summed E-state index contributed by atoms with van der Waals surface area (Å²) in [6.07, 6.45) is 7.93. The Morgan fingerprint density at radius 3 is 2.00 bits per heavy atom. The van der Waals surface area contributed by atoms with Crippen molar-refractivity contribution in [2.75, 3.05) is 6.54 Å². The van der Waals surface area contributed by atoms with Crippen molar-refractivity contribution >= 4 is 0 Å². The van der Waals surface area contributed by atoms with Crippen molar-refractivity contribution in [2.24, 2.45) is 11.3 Å². The lowest BCUT2D eigenvalue weighted by Crippen LogP contribution is -2.32. The molecule has 1 nitrogen and oxygen atoms in total. The maximum atomic E-state index is 3.74. The van der Waals surface area contributed by atoms with Crippen molar-refractivity contribution in [1.82, 2.24) is 5.32 Å². The van der Waals surface area contributed by atoms with E-state index in [4.69, 9.17) is 0 Å². The van der Waals surface area contributed by atoms with E-state index in [9.17, 15) is 0 Å². The lowest BCUT2D eigenvalue weighted by atomic mass is 9.85. The summed E-state index contributed by atoms with van der Waals surface area (Å²) in [7, 11) is 0. The van der Waals surface area contributed by atoms with Gasteiger partial charge in [0.25, 0.3) is 0 Å². The molecule has 0 heterocycles. The zero-order valence-corrected chi connectivity index (χ0v) is 13.1. The molecule has 1 unspecified atom stereocenters. The minimum Gasteiger partial charge on any atom is -0.314 e. The van der Waals surface area contributed by atoms with Gasteiger partial charge in [-0.15, -0.1) is 0 Å². The minimum absolute atomic E-state index is 0.472. The highest BCUT2D eigenvalue weighted by molar-refractivity contribution is 4.74. The van der Waals surface area contributed by atoms with Gasteiger partial charge in [0.1, 0.15) is 0 Å². The molecule has 0 bridgehead atoms. The van der Waals surface area contributed by atoms with Crippen LogP contribution in [0, 0.1) is 11.3 Å². The second kappa shape index (κ2) is 8.97. The van der Waals surface area contributed by atoms with Crippen molar-refractivity contribution in [3.8, 4) is 0 Å². The molecule has 0 aromatic heterocycles. The van der Waals surface area contributed by atoms with E-state index < -0.39 is 0 Å². The van der Waals surface area contributed by atoms with Gasteiger partial charge in [-0.25, -0.2) is 0 Å². The summed E-state index contributed by atoms with van der Waals surface area (Å²) >= 11 is 0. The molecule has 104 valence electrons. The first-order valence-electron chi connectivity index (χ1n) is 7.66. The average Bonchev–Trinajstić information content (AvgIpc) is 2.27. The van der Waals surface area contributed by atoms with Crippen molar-refractivity contribution in [3.63, 3.8) is 0 Å².